The zero-order valence-corrected chi connectivity index (χ0v) is 9.04. The first kappa shape index (κ1) is 10.1. The minimum atomic E-state index is 0.593. The van der Waals surface area contributed by atoms with Crippen LogP contribution in [-0.4, -0.2) is 11.9 Å². The maximum Gasteiger partial charge on any atom is 0.0365 e. The molecule has 0 aromatic heterocycles. The van der Waals surface area contributed by atoms with Gasteiger partial charge in [0.25, 0.3) is 0 Å². The molecule has 1 heteroatoms. The average molecular weight is 177 g/mol. The Morgan fingerprint density at radius 2 is 2.15 bits per heavy atom. The van der Waals surface area contributed by atoms with Crippen molar-refractivity contribution in [2.24, 2.45) is 5.92 Å². The number of likely N-dealkylation sites (N-methyl/N-ethyl adjacent to an activating group) is 1. The fourth-order valence-corrected chi connectivity index (χ4v) is 1.61. The van der Waals surface area contributed by atoms with Gasteiger partial charge >= 0.3 is 0 Å². The lowest BCUT2D eigenvalue weighted by Crippen LogP contribution is -2.21. The fourth-order valence-electron chi connectivity index (χ4n) is 1.61. The lowest BCUT2D eigenvalue weighted by atomic mass is 10.1. The van der Waals surface area contributed by atoms with Crippen LogP contribution in [0.2, 0.25) is 0 Å². The Bertz CT molecular complexity index is 256. The molecule has 0 unspecified atom stereocenters. The van der Waals surface area contributed by atoms with E-state index in [-0.39, 0.29) is 0 Å². The Kier molecular flexibility index (Phi) is 3.35. The van der Waals surface area contributed by atoms with Crippen molar-refractivity contribution in [3.05, 3.63) is 35.7 Å². The molecule has 0 N–H and O–H groups in total. The van der Waals surface area contributed by atoms with Crippen LogP contribution in [0, 0.1) is 5.92 Å². The predicted octanol–water partition coefficient (Wildman–Crippen LogP) is 3.32. The van der Waals surface area contributed by atoms with Gasteiger partial charge in [0, 0.05) is 18.4 Å². The van der Waals surface area contributed by atoms with Gasteiger partial charge in [-0.25, -0.2) is 0 Å². The van der Waals surface area contributed by atoms with Crippen LogP contribution in [0.5, 0.6) is 0 Å². The standard InChI is InChI=1S/C12H19N/c1-5-7-11-8-6-9-12(10(2)3)13(11)4/h6-10H,5H2,1-4H3/b11-7-. The molecular formula is C12H19N. The predicted molar refractivity (Wildman–Crippen MR) is 58.2 cm³/mol. The smallest absolute Gasteiger partial charge is 0.0365 e. The second kappa shape index (κ2) is 4.31. The summed E-state index contributed by atoms with van der Waals surface area (Å²) in [4.78, 5) is 2.27. The normalized spacial score (nSPS) is 19.9. The van der Waals surface area contributed by atoms with Gasteiger partial charge in [0.1, 0.15) is 0 Å². The number of allylic oxidation sites excluding steroid dienone is 5. The van der Waals surface area contributed by atoms with Gasteiger partial charge in [-0.3, -0.25) is 0 Å². The first-order valence-electron chi connectivity index (χ1n) is 4.99. The zero-order chi connectivity index (χ0) is 9.84. The molecule has 0 atom stereocenters. The van der Waals surface area contributed by atoms with Gasteiger partial charge in [-0.2, -0.15) is 0 Å². The molecule has 0 aromatic carbocycles. The van der Waals surface area contributed by atoms with Gasteiger partial charge in [-0.15, -0.1) is 0 Å². The number of nitrogens with zero attached hydrogens (tertiary/aromatic N) is 1. The van der Waals surface area contributed by atoms with E-state index in [4.69, 9.17) is 0 Å². The molecule has 0 saturated heterocycles. The van der Waals surface area contributed by atoms with Gasteiger partial charge in [0.05, 0.1) is 0 Å². The second-order valence-electron chi connectivity index (χ2n) is 3.70. The van der Waals surface area contributed by atoms with Crippen LogP contribution >= 0.6 is 0 Å². The topological polar surface area (TPSA) is 3.24 Å². The highest BCUT2D eigenvalue weighted by molar-refractivity contribution is 5.32. The quantitative estimate of drug-likeness (QED) is 0.625. The Morgan fingerprint density at radius 1 is 1.46 bits per heavy atom. The van der Waals surface area contributed by atoms with Crippen LogP contribution in [0.25, 0.3) is 0 Å². The lowest BCUT2D eigenvalue weighted by Gasteiger charge is -2.28. The van der Waals surface area contributed by atoms with Crippen LogP contribution < -0.4 is 0 Å². The average Bonchev–Trinajstić information content (AvgIpc) is 2.08. The monoisotopic (exact) mass is 177 g/mol. The van der Waals surface area contributed by atoms with E-state index in [1.165, 1.54) is 11.4 Å². The van der Waals surface area contributed by atoms with Crippen molar-refractivity contribution in [1.82, 2.24) is 4.90 Å². The molecule has 0 saturated carbocycles. The summed E-state index contributed by atoms with van der Waals surface area (Å²) in [6.45, 7) is 6.62. The fraction of sp³-hybridized carbons (Fsp3) is 0.500. The molecule has 1 aliphatic rings. The first-order chi connectivity index (χ1) is 6.16. The van der Waals surface area contributed by atoms with E-state index in [0.717, 1.165) is 6.42 Å². The minimum Gasteiger partial charge on any atom is -0.348 e. The summed E-state index contributed by atoms with van der Waals surface area (Å²) in [5.74, 6) is 0.593. The summed E-state index contributed by atoms with van der Waals surface area (Å²) < 4.78 is 0. The van der Waals surface area contributed by atoms with Gasteiger partial charge < -0.3 is 4.90 Å². The first-order valence-corrected chi connectivity index (χ1v) is 4.99. The summed E-state index contributed by atoms with van der Waals surface area (Å²) in [6.07, 6.45) is 9.84. The van der Waals surface area contributed by atoms with E-state index in [1.54, 1.807) is 0 Å². The molecule has 72 valence electrons. The molecule has 0 amide bonds. The molecule has 1 heterocycles. The third-order valence-electron chi connectivity index (χ3n) is 2.31. The minimum absolute atomic E-state index is 0.593. The van der Waals surface area contributed by atoms with Crippen LogP contribution in [0.3, 0.4) is 0 Å². The van der Waals surface area contributed by atoms with Gasteiger partial charge in [-0.1, -0.05) is 32.9 Å². The van der Waals surface area contributed by atoms with E-state index < -0.39 is 0 Å². The Hall–Kier alpha value is -0.980. The maximum absolute atomic E-state index is 2.27. The summed E-state index contributed by atoms with van der Waals surface area (Å²) >= 11 is 0. The third kappa shape index (κ3) is 2.24. The van der Waals surface area contributed by atoms with E-state index in [1.807, 2.05) is 0 Å². The van der Waals surface area contributed by atoms with E-state index in [9.17, 15) is 0 Å². The molecule has 0 spiro atoms. The van der Waals surface area contributed by atoms with Gasteiger partial charge in [0.2, 0.25) is 0 Å². The molecule has 1 rings (SSSR count). The number of hydrogen-bond donors (Lipinski definition) is 0. The van der Waals surface area contributed by atoms with Crippen molar-refractivity contribution in [2.75, 3.05) is 7.05 Å². The van der Waals surface area contributed by atoms with Crippen LogP contribution in [-0.2, 0) is 0 Å². The largest absolute Gasteiger partial charge is 0.348 e. The Balaban J connectivity index is 2.86. The van der Waals surface area contributed by atoms with Crippen LogP contribution in [0.15, 0.2) is 35.7 Å². The molecule has 0 fully saturated rings. The molecular weight excluding hydrogens is 158 g/mol. The molecule has 0 radical (unpaired) electrons. The lowest BCUT2D eigenvalue weighted by molar-refractivity contribution is 0.459. The summed E-state index contributed by atoms with van der Waals surface area (Å²) in [5.41, 5.74) is 2.70. The highest BCUT2D eigenvalue weighted by atomic mass is 15.1. The van der Waals surface area contributed by atoms with Crippen molar-refractivity contribution in [3.63, 3.8) is 0 Å². The molecule has 0 aliphatic carbocycles. The van der Waals surface area contributed by atoms with Gasteiger partial charge in [-0.05, 0) is 24.5 Å². The highest BCUT2D eigenvalue weighted by Gasteiger charge is 2.12. The van der Waals surface area contributed by atoms with Crippen LogP contribution in [0.4, 0.5) is 0 Å². The summed E-state index contributed by atoms with van der Waals surface area (Å²) in [6, 6.07) is 0. The Labute approximate surface area is 81.4 Å². The maximum atomic E-state index is 2.27. The van der Waals surface area contributed by atoms with Gasteiger partial charge in [0.15, 0.2) is 0 Å². The van der Waals surface area contributed by atoms with Crippen LogP contribution in [0.1, 0.15) is 27.2 Å². The van der Waals surface area contributed by atoms with E-state index in [0.29, 0.717) is 5.92 Å². The molecule has 1 aliphatic heterocycles. The number of hydrogen-bond acceptors (Lipinski definition) is 1. The molecule has 13 heavy (non-hydrogen) atoms. The van der Waals surface area contributed by atoms with Crippen molar-refractivity contribution in [1.29, 1.82) is 0 Å². The summed E-state index contributed by atoms with van der Waals surface area (Å²) in [5, 5.41) is 0. The molecule has 0 aromatic rings. The third-order valence-corrected chi connectivity index (χ3v) is 2.31. The SMILES string of the molecule is CC/C=C1/C=CC=C(C(C)C)N1C. The Morgan fingerprint density at radius 3 is 2.69 bits per heavy atom. The van der Waals surface area contributed by atoms with E-state index >= 15 is 0 Å². The van der Waals surface area contributed by atoms with Crippen molar-refractivity contribution in [2.45, 2.75) is 27.2 Å². The summed E-state index contributed by atoms with van der Waals surface area (Å²) in [7, 11) is 2.14. The zero-order valence-electron chi connectivity index (χ0n) is 9.04. The number of rotatable bonds is 2. The second-order valence-corrected chi connectivity index (χ2v) is 3.70. The molecule has 1 nitrogen and oxygen atoms in total. The van der Waals surface area contributed by atoms with Crippen molar-refractivity contribution < 1.29 is 0 Å². The molecule has 0 bridgehead atoms. The van der Waals surface area contributed by atoms with Crippen molar-refractivity contribution >= 4 is 0 Å². The van der Waals surface area contributed by atoms with Crippen molar-refractivity contribution in [3.8, 4) is 0 Å². The highest BCUT2D eigenvalue weighted by Crippen LogP contribution is 2.23. The van der Waals surface area contributed by atoms with E-state index in [2.05, 4.69) is 57.0 Å².